The molecule has 0 bridgehead atoms. The van der Waals surface area contributed by atoms with Gasteiger partial charge in [-0.05, 0) is 42.6 Å². The summed E-state index contributed by atoms with van der Waals surface area (Å²) in [6.07, 6.45) is 0. The van der Waals surface area contributed by atoms with Crippen molar-refractivity contribution >= 4 is 33.6 Å². The molecule has 2 aromatic rings. The van der Waals surface area contributed by atoms with Gasteiger partial charge in [0.25, 0.3) is 5.24 Å². The van der Waals surface area contributed by atoms with Crippen LogP contribution in [0.2, 0.25) is 0 Å². The summed E-state index contributed by atoms with van der Waals surface area (Å²) in [5.41, 5.74) is 3.54. The number of pyridine rings is 1. The smallest absolute Gasteiger partial charge is 0.256 e. The van der Waals surface area contributed by atoms with Crippen LogP contribution >= 0.6 is 11.6 Å². The molecule has 4 heteroatoms. The van der Waals surface area contributed by atoms with E-state index in [1.807, 2.05) is 46.1 Å². The molecule has 0 radical (unpaired) electrons. The van der Waals surface area contributed by atoms with Crippen molar-refractivity contribution in [2.24, 2.45) is 0 Å². The van der Waals surface area contributed by atoms with Crippen molar-refractivity contribution in [3.05, 3.63) is 34.9 Å². The molecule has 2 rings (SSSR count). The van der Waals surface area contributed by atoms with Crippen molar-refractivity contribution in [1.82, 2.24) is 4.98 Å². The van der Waals surface area contributed by atoms with Crippen LogP contribution in [0.1, 0.15) is 21.5 Å². The first-order valence-electron chi connectivity index (χ1n) is 5.70. The Morgan fingerprint density at radius 2 is 1.83 bits per heavy atom. The molecule has 0 aliphatic heterocycles. The highest BCUT2D eigenvalue weighted by Crippen LogP contribution is 2.27. The van der Waals surface area contributed by atoms with Gasteiger partial charge in [0.05, 0.1) is 11.1 Å². The maximum absolute atomic E-state index is 11.5. The van der Waals surface area contributed by atoms with Crippen molar-refractivity contribution in [1.29, 1.82) is 0 Å². The van der Waals surface area contributed by atoms with Crippen LogP contribution in [0.4, 0.5) is 5.82 Å². The molecule has 0 fully saturated rings. The zero-order valence-electron chi connectivity index (χ0n) is 10.9. The fourth-order valence-electron chi connectivity index (χ4n) is 2.01. The third-order valence-corrected chi connectivity index (χ3v) is 3.22. The normalized spacial score (nSPS) is 10.7. The first-order valence-corrected chi connectivity index (χ1v) is 6.07. The number of halogens is 1. The van der Waals surface area contributed by atoms with E-state index in [9.17, 15) is 4.79 Å². The lowest BCUT2D eigenvalue weighted by molar-refractivity contribution is 0.108. The van der Waals surface area contributed by atoms with Gasteiger partial charge in [-0.2, -0.15) is 0 Å². The summed E-state index contributed by atoms with van der Waals surface area (Å²) >= 11 is 5.64. The Labute approximate surface area is 111 Å². The molecule has 1 aromatic carbocycles. The summed E-state index contributed by atoms with van der Waals surface area (Å²) < 4.78 is 0. The first kappa shape index (κ1) is 12.8. The van der Waals surface area contributed by atoms with Crippen LogP contribution in [0.25, 0.3) is 10.9 Å². The highest BCUT2D eigenvalue weighted by Gasteiger charge is 2.15. The second kappa shape index (κ2) is 4.58. The molecule has 0 atom stereocenters. The Kier molecular flexibility index (Phi) is 3.26. The quantitative estimate of drug-likeness (QED) is 0.779. The molecule has 0 unspecified atom stereocenters. The second-order valence-electron chi connectivity index (χ2n) is 4.62. The molecule has 3 nitrogen and oxygen atoms in total. The maximum Gasteiger partial charge on any atom is 0.256 e. The van der Waals surface area contributed by atoms with Crippen LogP contribution in [-0.4, -0.2) is 24.3 Å². The summed E-state index contributed by atoms with van der Waals surface area (Å²) in [5.74, 6) is 0.608. The lowest BCUT2D eigenvalue weighted by atomic mass is 10.0. The minimum Gasteiger partial charge on any atom is -0.362 e. The molecule has 1 heterocycles. The van der Waals surface area contributed by atoms with Crippen LogP contribution in [-0.2, 0) is 0 Å². The van der Waals surface area contributed by atoms with E-state index in [1.165, 1.54) is 0 Å². The zero-order chi connectivity index (χ0) is 13.4. The Morgan fingerprint density at radius 1 is 1.22 bits per heavy atom. The van der Waals surface area contributed by atoms with Gasteiger partial charge in [-0.15, -0.1) is 0 Å². The lowest BCUT2D eigenvalue weighted by Gasteiger charge is -2.16. The predicted molar refractivity (Wildman–Crippen MR) is 75.7 cm³/mol. The highest BCUT2D eigenvalue weighted by atomic mass is 35.5. The average Bonchev–Trinajstić information content (AvgIpc) is 2.32. The van der Waals surface area contributed by atoms with Gasteiger partial charge < -0.3 is 4.90 Å². The molecule has 0 saturated carbocycles. The van der Waals surface area contributed by atoms with E-state index < -0.39 is 5.24 Å². The number of fused-ring (bicyclic) bond motifs is 1. The molecule has 94 valence electrons. The number of carbonyl (C=O) groups is 1. The largest absolute Gasteiger partial charge is 0.362 e. The Balaban J connectivity index is 2.89. The van der Waals surface area contributed by atoms with E-state index in [2.05, 4.69) is 4.98 Å². The number of anilines is 1. The van der Waals surface area contributed by atoms with E-state index in [-0.39, 0.29) is 0 Å². The van der Waals surface area contributed by atoms with Crippen LogP contribution in [0.5, 0.6) is 0 Å². The van der Waals surface area contributed by atoms with Gasteiger partial charge >= 0.3 is 0 Å². The van der Waals surface area contributed by atoms with Gasteiger partial charge in [0.15, 0.2) is 0 Å². The van der Waals surface area contributed by atoms with E-state index in [1.54, 1.807) is 4.90 Å². The molecule has 1 aromatic heterocycles. The number of hydrogen-bond donors (Lipinski definition) is 0. The van der Waals surface area contributed by atoms with Crippen LogP contribution in [0, 0.1) is 13.8 Å². The van der Waals surface area contributed by atoms with Crippen molar-refractivity contribution in [3.63, 3.8) is 0 Å². The lowest BCUT2D eigenvalue weighted by Crippen LogP contribution is -2.15. The zero-order valence-corrected chi connectivity index (χ0v) is 11.7. The monoisotopic (exact) mass is 262 g/mol. The van der Waals surface area contributed by atoms with E-state index in [0.717, 1.165) is 22.0 Å². The fraction of sp³-hybridized carbons (Fsp3) is 0.286. The fourth-order valence-corrected chi connectivity index (χ4v) is 2.15. The van der Waals surface area contributed by atoms with Gasteiger partial charge in [-0.1, -0.05) is 12.1 Å². The molecule has 0 amide bonds. The van der Waals surface area contributed by atoms with Crippen LogP contribution < -0.4 is 4.90 Å². The SMILES string of the molecule is Cc1ccc(C)c2nc(N(C)C)c(C(=O)Cl)cc12. The summed E-state index contributed by atoms with van der Waals surface area (Å²) in [7, 11) is 3.70. The minimum absolute atomic E-state index is 0.447. The third kappa shape index (κ3) is 2.06. The number of carbonyl (C=O) groups excluding carboxylic acids is 1. The Bertz CT molecular complexity index is 635. The number of nitrogens with zero attached hydrogens (tertiary/aromatic N) is 2. The first-order chi connectivity index (χ1) is 8.41. The van der Waals surface area contributed by atoms with Crippen LogP contribution in [0.3, 0.4) is 0 Å². The van der Waals surface area contributed by atoms with Crippen LogP contribution in [0.15, 0.2) is 18.2 Å². The molecular formula is C14H15ClN2O. The average molecular weight is 263 g/mol. The van der Waals surface area contributed by atoms with Crippen molar-refractivity contribution in [2.45, 2.75) is 13.8 Å². The van der Waals surface area contributed by atoms with Gasteiger partial charge in [0.2, 0.25) is 0 Å². The number of hydrogen-bond acceptors (Lipinski definition) is 3. The van der Waals surface area contributed by atoms with Gasteiger partial charge in [0.1, 0.15) is 5.82 Å². The molecule has 0 spiro atoms. The standard InChI is InChI=1S/C14H15ClN2O/c1-8-5-6-9(2)12-10(8)7-11(13(15)18)14(16-12)17(3)4/h5-7H,1-4H3. The molecule has 18 heavy (non-hydrogen) atoms. The van der Waals surface area contributed by atoms with Crippen molar-refractivity contribution in [2.75, 3.05) is 19.0 Å². The van der Waals surface area contributed by atoms with Crippen molar-refractivity contribution < 1.29 is 4.79 Å². The summed E-state index contributed by atoms with van der Waals surface area (Å²) in [6.45, 7) is 4.01. The number of benzene rings is 1. The highest BCUT2D eigenvalue weighted by molar-refractivity contribution is 6.68. The van der Waals surface area contributed by atoms with Gasteiger partial charge in [0, 0.05) is 19.5 Å². The predicted octanol–water partition coefficient (Wildman–Crippen LogP) is 3.30. The molecule has 0 N–H and O–H groups in total. The maximum atomic E-state index is 11.5. The second-order valence-corrected chi connectivity index (χ2v) is 4.97. The Morgan fingerprint density at radius 3 is 2.39 bits per heavy atom. The summed E-state index contributed by atoms with van der Waals surface area (Å²) in [6, 6.07) is 5.89. The molecule has 0 aliphatic rings. The number of aromatic nitrogens is 1. The van der Waals surface area contributed by atoms with E-state index >= 15 is 0 Å². The Hall–Kier alpha value is -1.61. The van der Waals surface area contributed by atoms with Gasteiger partial charge in [-0.25, -0.2) is 4.98 Å². The third-order valence-electron chi connectivity index (χ3n) is 3.02. The van der Waals surface area contributed by atoms with E-state index in [4.69, 9.17) is 11.6 Å². The number of aryl methyl sites for hydroxylation is 2. The molecule has 0 aliphatic carbocycles. The topological polar surface area (TPSA) is 33.2 Å². The summed E-state index contributed by atoms with van der Waals surface area (Å²) in [4.78, 5) is 17.9. The molecular weight excluding hydrogens is 248 g/mol. The minimum atomic E-state index is -0.478. The number of rotatable bonds is 2. The van der Waals surface area contributed by atoms with Crippen molar-refractivity contribution in [3.8, 4) is 0 Å². The van der Waals surface area contributed by atoms with E-state index in [0.29, 0.717) is 11.4 Å². The summed E-state index contributed by atoms with van der Waals surface area (Å²) in [5, 5.41) is 0.499. The van der Waals surface area contributed by atoms with Gasteiger partial charge in [-0.3, -0.25) is 4.79 Å². The molecule has 0 saturated heterocycles.